The highest BCUT2D eigenvalue weighted by Crippen LogP contribution is 2.28. The van der Waals surface area contributed by atoms with E-state index in [-0.39, 0.29) is 6.03 Å². The third-order valence-corrected chi connectivity index (χ3v) is 4.83. The van der Waals surface area contributed by atoms with Gasteiger partial charge in [0.1, 0.15) is 5.75 Å². The SMILES string of the molecule is COc1ccccc1N1CCN(CCNC(=O)Nc2cccc(Cl)c2)CC1. The van der Waals surface area contributed by atoms with Crippen LogP contribution in [0.5, 0.6) is 5.75 Å². The molecule has 6 nitrogen and oxygen atoms in total. The molecule has 0 atom stereocenters. The molecule has 0 radical (unpaired) electrons. The summed E-state index contributed by atoms with van der Waals surface area (Å²) in [5, 5.41) is 6.28. The van der Waals surface area contributed by atoms with Crippen LogP contribution in [0.2, 0.25) is 5.02 Å². The molecular formula is C20H25ClN4O2. The summed E-state index contributed by atoms with van der Waals surface area (Å²) in [6.45, 7) is 5.21. The summed E-state index contributed by atoms with van der Waals surface area (Å²) < 4.78 is 5.45. The molecule has 1 fully saturated rings. The first-order chi connectivity index (χ1) is 13.2. The van der Waals surface area contributed by atoms with Gasteiger partial charge in [0.25, 0.3) is 0 Å². The zero-order valence-corrected chi connectivity index (χ0v) is 16.2. The zero-order chi connectivity index (χ0) is 19.1. The first-order valence-corrected chi connectivity index (χ1v) is 9.44. The van der Waals surface area contributed by atoms with Crippen molar-refractivity contribution in [2.75, 3.05) is 56.6 Å². The van der Waals surface area contributed by atoms with E-state index in [9.17, 15) is 4.79 Å². The summed E-state index contributed by atoms with van der Waals surface area (Å²) in [5.41, 5.74) is 1.82. The van der Waals surface area contributed by atoms with E-state index in [4.69, 9.17) is 16.3 Å². The van der Waals surface area contributed by atoms with Crippen LogP contribution in [-0.4, -0.2) is 57.3 Å². The van der Waals surface area contributed by atoms with Crippen molar-refractivity contribution < 1.29 is 9.53 Å². The standard InChI is InChI=1S/C20H25ClN4O2/c1-27-19-8-3-2-7-18(19)25-13-11-24(12-14-25)10-9-22-20(26)23-17-6-4-5-16(21)15-17/h2-8,15H,9-14H2,1H3,(H2,22,23,26). The first kappa shape index (κ1) is 19.3. The van der Waals surface area contributed by atoms with Gasteiger partial charge in [0, 0.05) is 50.0 Å². The fourth-order valence-electron chi connectivity index (χ4n) is 3.17. The number of hydrogen-bond acceptors (Lipinski definition) is 4. The number of benzene rings is 2. The van der Waals surface area contributed by atoms with Gasteiger partial charge in [-0.05, 0) is 30.3 Å². The molecule has 2 amide bonds. The molecule has 0 saturated carbocycles. The van der Waals surface area contributed by atoms with Crippen LogP contribution >= 0.6 is 11.6 Å². The predicted molar refractivity (Wildman–Crippen MR) is 110 cm³/mol. The number of methoxy groups -OCH3 is 1. The zero-order valence-electron chi connectivity index (χ0n) is 15.5. The van der Waals surface area contributed by atoms with Crippen molar-refractivity contribution in [2.24, 2.45) is 0 Å². The largest absolute Gasteiger partial charge is 0.495 e. The number of nitrogens with one attached hydrogen (secondary N) is 2. The van der Waals surface area contributed by atoms with E-state index in [1.807, 2.05) is 24.3 Å². The molecule has 1 aliphatic rings. The Morgan fingerprint density at radius 2 is 1.89 bits per heavy atom. The van der Waals surface area contributed by atoms with Crippen LogP contribution < -0.4 is 20.3 Å². The van der Waals surface area contributed by atoms with Crippen molar-refractivity contribution >= 4 is 29.0 Å². The highest BCUT2D eigenvalue weighted by molar-refractivity contribution is 6.30. The van der Waals surface area contributed by atoms with Gasteiger partial charge >= 0.3 is 6.03 Å². The quantitative estimate of drug-likeness (QED) is 0.797. The predicted octanol–water partition coefficient (Wildman–Crippen LogP) is 3.29. The number of halogens is 1. The Bertz CT molecular complexity index is 763. The smallest absolute Gasteiger partial charge is 0.319 e. The van der Waals surface area contributed by atoms with Crippen LogP contribution in [0.3, 0.4) is 0 Å². The molecule has 0 bridgehead atoms. The molecule has 1 aliphatic heterocycles. The molecule has 0 aliphatic carbocycles. The second-order valence-corrected chi connectivity index (χ2v) is 6.83. The Balaban J connectivity index is 1.39. The van der Waals surface area contributed by atoms with Gasteiger partial charge in [-0.3, -0.25) is 4.90 Å². The van der Waals surface area contributed by atoms with E-state index >= 15 is 0 Å². The third kappa shape index (κ3) is 5.52. The Labute approximate surface area is 165 Å². The minimum atomic E-state index is -0.218. The molecule has 3 rings (SSSR count). The Kier molecular flexibility index (Phi) is 6.79. The molecular weight excluding hydrogens is 364 g/mol. The highest BCUT2D eigenvalue weighted by atomic mass is 35.5. The number of carbonyl (C=O) groups excluding carboxylic acids is 1. The Morgan fingerprint density at radius 1 is 1.11 bits per heavy atom. The first-order valence-electron chi connectivity index (χ1n) is 9.06. The van der Waals surface area contributed by atoms with Crippen molar-refractivity contribution in [1.29, 1.82) is 0 Å². The second kappa shape index (κ2) is 9.48. The number of piperazine rings is 1. The van der Waals surface area contributed by atoms with Gasteiger partial charge in [0.2, 0.25) is 0 Å². The second-order valence-electron chi connectivity index (χ2n) is 6.39. The number of urea groups is 1. The Hall–Kier alpha value is -2.44. The van der Waals surface area contributed by atoms with E-state index < -0.39 is 0 Å². The van der Waals surface area contributed by atoms with Gasteiger partial charge in [-0.2, -0.15) is 0 Å². The van der Waals surface area contributed by atoms with Gasteiger partial charge in [0.05, 0.1) is 12.8 Å². The molecule has 0 aromatic heterocycles. The van der Waals surface area contributed by atoms with Gasteiger partial charge in [0.15, 0.2) is 0 Å². The van der Waals surface area contributed by atoms with E-state index in [0.717, 1.165) is 44.2 Å². The molecule has 1 saturated heterocycles. The van der Waals surface area contributed by atoms with Gasteiger partial charge in [-0.1, -0.05) is 29.8 Å². The lowest BCUT2D eigenvalue weighted by molar-refractivity contribution is 0.240. The van der Waals surface area contributed by atoms with Crippen LogP contribution in [0.15, 0.2) is 48.5 Å². The number of nitrogens with zero attached hydrogens (tertiary/aromatic N) is 2. The normalized spacial score (nSPS) is 14.7. The molecule has 0 spiro atoms. The number of ether oxygens (including phenoxy) is 1. The topological polar surface area (TPSA) is 56.8 Å². The van der Waals surface area contributed by atoms with E-state index in [1.165, 1.54) is 0 Å². The average Bonchev–Trinajstić information content (AvgIpc) is 2.68. The minimum Gasteiger partial charge on any atom is -0.495 e. The molecule has 1 heterocycles. The third-order valence-electron chi connectivity index (χ3n) is 4.59. The van der Waals surface area contributed by atoms with E-state index in [2.05, 4.69) is 26.5 Å². The number of hydrogen-bond donors (Lipinski definition) is 2. The Morgan fingerprint density at radius 3 is 2.63 bits per heavy atom. The fourth-order valence-corrected chi connectivity index (χ4v) is 3.36. The maximum atomic E-state index is 12.0. The molecule has 2 N–H and O–H groups in total. The van der Waals surface area contributed by atoms with Crippen molar-refractivity contribution in [3.8, 4) is 5.75 Å². The number of amides is 2. The molecule has 2 aromatic carbocycles. The lowest BCUT2D eigenvalue weighted by atomic mass is 10.2. The lowest BCUT2D eigenvalue weighted by Crippen LogP contribution is -2.48. The number of rotatable bonds is 6. The molecule has 0 unspecified atom stereocenters. The molecule has 27 heavy (non-hydrogen) atoms. The molecule has 7 heteroatoms. The lowest BCUT2D eigenvalue weighted by Gasteiger charge is -2.36. The summed E-state index contributed by atoms with van der Waals surface area (Å²) in [7, 11) is 1.70. The number of anilines is 2. The van der Waals surface area contributed by atoms with Crippen LogP contribution in [0, 0.1) is 0 Å². The van der Waals surface area contributed by atoms with E-state index in [1.54, 1.807) is 25.3 Å². The summed E-state index contributed by atoms with van der Waals surface area (Å²) in [6.07, 6.45) is 0. The highest BCUT2D eigenvalue weighted by Gasteiger charge is 2.19. The number of para-hydroxylation sites is 2. The van der Waals surface area contributed by atoms with Crippen LogP contribution in [0.1, 0.15) is 0 Å². The summed E-state index contributed by atoms with van der Waals surface area (Å²) in [4.78, 5) is 16.7. The van der Waals surface area contributed by atoms with Crippen LogP contribution in [-0.2, 0) is 0 Å². The maximum absolute atomic E-state index is 12.0. The van der Waals surface area contributed by atoms with Crippen molar-refractivity contribution in [1.82, 2.24) is 10.2 Å². The molecule has 2 aromatic rings. The summed E-state index contributed by atoms with van der Waals surface area (Å²) >= 11 is 5.92. The van der Waals surface area contributed by atoms with Crippen molar-refractivity contribution in [3.05, 3.63) is 53.6 Å². The fraction of sp³-hybridized carbons (Fsp3) is 0.350. The van der Waals surface area contributed by atoms with E-state index in [0.29, 0.717) is 17.3 Å². The maximum Gasteiger partial charge on any atom is 0.319 e. The van der Waals surface area contributed by atoms with Crippen molar-refractivity contribution in [3.63, 3.8) is 0 Å². The number of carbonyl (C=O) groups is 1. The van der Waals surface area contributed by atoms with Gasteiger partial charge < -0.3 is 20.3 Å². The summed E-state index contributed by atoms with van der Waals surface area (Å²) in [5.74, 6) is 0.908. The monoisotopic (exact) mass is 388 g/mol. The molecule has 144 valence electrons. The van der Waals surface area contributed by atoms with Crippen molar-refractivity contribution in [2.45, 2.75) is 0 Å². The van der Waals surface area contributed by atoms with Gasteiger partial charge in [-0.25, -0.2) is 4.79 Å². The minimum absolute atomic E-state index is 0.218. The van der Waals surface area contributed by atoms with Crippen LogP contribution in [0.25, 0.3) is 0 Å². The van der Waals surface area contributed by atoms with Crippen LogP contribution in [0.4, 0.5) is 16.2 Å². The summed E-state index contributed by atoms with van der Waals surface area (Å²) in [6, 6.07) is 15.0. The van der Waals surface area contributed by atoms with Gasteiger partial charge in [-0.15, -0.1) is 0 Å². The average molecular weight is 389 g/mol.